The Hall–Kier alpha value is -1.51. The van der Waals surface area contributed by atoms with Crippen LogP contribution in [0.25, 0.3) is 10.2 Å². The first-order valence-electron chi connectivity index (χ1n) is 7.50. The highest BCUT2D eigenvalue weighted by atomic mass is 32.2. The van der Waals surface area contributed by atoms with Crippen LogP contribution in [0.2, 0.25) is 0 Å². The predicted molar refractivity (Wildman–Crippen MR) is 89.9 cm³/mol. The van der Waals surface area contributed by atoms with Crippen molar-refractivity contribution in [3.05, 3.63) is 18.2 Å². The lowest BCUT2D eigenvalue weighted by Crippen LogP contribution is -2.20. The molecule has 1 aromatic heterocycles. The van der Waals surface area contributed by atoms with Crippen LogP contribution in [0, 0.1) is 5.92 Å². The summed E-state index contributed by atoms with van der Waals surface area (Å²) in [5, 5.41) is 5.08. The minimum absolute atomic E-state index is 0.109. The fourth-order valence-corrected chi connectivity index (χ4v) is 4.03. The largest absolute Gasteiger partial charge is 0.426 e. The summed E-state index contributed by atoms with van der Waals surface area (Å²) in [6, 6.07) is 4.86. The molecule has 23 heavy (non-hydrogen) atoms. The molecule has 126 valence electrons. The molecule has 0 aliphatic heterocycles. The van der Waals surface area contributed by atoms with Crippen molar-refractivity contribution in [1.29, 1.82) is 0 Å². The van der Waals surface area contributed by atoms with Gasteiger partial charge in [0.2, 0.25) is 4.34 Å². The maximum absolute atomic E-state index is 12.2. The summed E-state index contributed by atoms with van der Waals surface area (Å²) in [5.74, 6) is 0.0377. The Kier molecular flexibility index (Phi) is 5.72. The van der Waals surface area contributed by atoms with E-state index in [1.54, 1.807) is 18.2 Å². The van der Waals surface area contributed by atoms with E-state index in [1.165, 1.54) is 0 Å². The van der Waals surface area contributed by atoms with Crippen LogP contribution in [0.15, 0.2) is 22.5 Å². The lowest BCUT2D eigenvalue weighted by atomic mass is 9.99. The number of thiazole rings is 1. The van der Waals surface area contributed by atoms with Gasteiger partial charge in [-0.3, -0.25) is 4.79 Å². The van der Waals surface area contributed by atoms with Gasteiger partial charge in [0.25, 0.3) is 10.0 Å². The molecule has 1 aromatic carbocycles. The molecule has 6 nitrogen and oxygen atoms in total. The van der Waals surface area contributed by atoms with Crippen LogP contribution < -0.4 is 9.88 Å². The molecule has 0 unspecified atom stereocenters. The van der Waals surface area contributed by atoms with E-state index < -0.39 is 10.0 Å². The SMILES string of the molecule is CCCC(CCC)C(=O)Oc1ccc2nc(S(N)(=O)=O)sc2c1. The first kappa shape index (κ1) is 17.8. The zero-order valence-electron chi connectivity index (χ0n) is 13.1. The van der Waals surface area contributed by atoms with Crippen molar-refractivity contribution in [3.8, 4) is 5.75 Å². The molecule has 2 N–H and O–H groups in total. The third-order valence-electron chi connectivity index (χ3n) is 3.41. The summed E-state index contributed by atoms with van der Waals surface area (Å²) in [6.45, 7) is 4.07. The lowest BCUT2D eigenvalue weighted by molar-refractivity contribution is -0.139. The second-order valence-corrected chi connectivity index (χ2v) is 8.12. The zero-order chi connectivity index (χ0) is 17.0. The molecule has 0 atom stereocenters. The number of aromatic nitrogens is 1. The Morgan fingerprint density at radius 2 is 1.96 bits per heavy atom. The molecule has 2 aromatic rings. The van der Waals surface area contributed by atoms with Crippen LogP contribution in [0.3, 0.4) is 0 Å². The average molecular weight is 356 g/mol. The van der Waals surface area contributed by atoms with Crippen molar-refractivity contribution in [3.63, 3.8) is 0 Å². The summed E-state index contributed by atoms with van der Waals surface area (Å²) in [4.78, 5) is 16.2. The number of esters is 1. The van der Waals surface area contributed by atoms with Crippen LogP contribution in [0.5, 0.6) is 5.75 Å². The van der Waals surface area contributed by atoms with E-state index >= 15 is 0 Å². The molecule has 0 spiro atoms. The molecule has 1 heterocycles. The molecule has 0 amide bonds. The van der Waals surface area contributed by atoms with Crippen molar-refractivity contribution < 1.29 is 17.9 Å². The molecule has 0 fully saturated rings. The van der Waals surface area contributed by atoms with Crippen LogP contribution in [-0.2, 0) is 14.8 Å². The molecule has 0 saturated heterocycles. The van der Waals surface area contributed by atoms with Crippen LogP contribution >= 0.6 is 11.3 Å². The van der Waals surface area contributed by atoms with E-state index in [0.29, 0.717) is 16.0 Å². The predicted octanol–water partition coefficient (Wildman–Crippen LogP) is 3.07. The number of carbonyl (C=O) groups is 1. The van der Waals surface area contributed by atoms with Crippen LogP contribution in [0.1, 0.15) is 39.5 Å². The Morgan fingerprint density at radius 1 is 1.30 bits per heavy atom. The molecular formula is C15H20N2O4S2. The van der Waals surface area contributed by atoms with E-state index in [1.807, 2.05) is 13.8 Å². The number of fused-ring (bicyclic) bond motifs is 1. The average Bonchev–Trinajstić information content (AvgIpc) is 2.90. The van der Waals surface area contributed by atoms with Gasteiger partial charge in [-0.1, -0.05) is 26.7 Å². The van der Waals surface area contributed by atoms with Crippen LogP contribution in [-0.4, -0.2) is 19.4 Å². The minimum Gasteiger partial charge on any atom is -0.426 e. The Bertz CT molecular complexity index is 793. The first-order valence-corrected chi connectivity index (χ1v) is 9.86. The quantitative estimate of drug-likeness (QED) is 0.607. The third-order valence-corrected chi connectivity index (χ3v) is 5.75. The topological polar surface area (TPSA) is 99.3 Å². The highest BCUT2D eigenvalue weighted by Crippen LogP contribution is 2.29. The first-order chi connectivity index (χ1) is 10.8. The maximum Gasteiger partial charge on any atom is 0.314 e. The fraction of sp³-hybridized carbons (Fsp3) is 0.467. The Labute approximate surface area is 139 Å². The lowest BCUT2D eigenvalue weighted by Gasteiger charge is -2.14. The van der Waals surface area contributed by atoms with E-state index in [0.717, 1.165) is 37.0 Å². The maximum atomic E-state index is 12.2. The minimum atomic E-state index is -3.83. The smallest absolute Gasteiger partial charge is 0.314 e. The van der Waals surface area contributed by atoms with Gasteiger partial charge < -0.3 is 4.74 Å². The van der Waals surface area contributed by atoms with Gasteiger partial charge >= 0.3 is 5.97 Å². The summed E-state index contributed by atoms with van der Waals surface area (Å²) in [7, 11) is -3.83. The van der Waals surface area contributed by atoms with Gasteiger partial charge in [-0.15, -0.1) is 11.3 Å². The molecule has 8 heteroatoms. The Balaban J connectivity index is 2.21. The molecule has 0 bridgehead atoms. The summed E-state index contributed by atoms with van der Waals surface area (Å²) in [5.41, 5.74) is 0.512. The summed E-state index contributed by atoms with van der Waals surface area (Å²) < 4.78 is 28.6. The van der Waals surface area contributed by atoms with Crippen molar-refractivity contribution in [2.45, 2.75) is 43.9 Å². The van der Waals surface area contributed by atoms with Crippen molar-refractivity contribution >= 4 is 37.5 Å². The molecular weight excluding hydrogens is 336 g/mol. The zero-order valence-corrected chi connectivity index (χ0v) is 14.7. The van der Waals surface area contributed by atoms with Gasteiger partial charge in [0.15, 0.2) is 0 Å². The number of hydrogen-bond donors (Lipinski definition) is 1. The molecule has 0 radical (unpaired) electrons. The number of sulfonamides is 1. The summed E-state index contributed by atoms with van der Waals surface area (Å²) >= 11 is 0.959. The number of nitrogens with two attached hydrogens (primary N) is 1. The van der Waals surface area contributed by atoms with E-state index in [9.17, 15) is 13.2 Å². The molecule has 0 saturated carbocycles. The molecule has 2 rings (SSSR count). The Morgan fingerprint density at radius 3 is 2.52 bits per heavy atom. The van der Waals surface area contributed by atoms with Crippen molar-refractivity contribution in [2.75, 3.05) is 0 Å². The number of primary sulfonamides is 1. The number of ether oxygens (including phenoxy) is 1. The van der Waals surface area contributed by atoms with Gasteiger partial charge in [-0.25, -0.2) is 18.5 Å². The number of nitrogens with zero attached hydrogens (tertiary/aromatic N) is 1. The second kappa shape index (κ2) is 7.37. The normalized spacial score (nSPS) is 12.0. The van der Waals surface area contributed by atoms with E-state index in [4.69, 9.17) is 9.88 Å². The van der Waals surface area contributed by atoms with Crippen LogP contribution in [0.4, 0.5) is 0 Å². The monoisotopic (exact) mass is 356 g/mol. The number of hydrogen-bond acceptors (Lipinski definition) is 6. The number of carbonyl (C=O) groups excluding carboxylic acids is 1. The van der Waals surface area contributed by atoms with Gasteiger partial charge in [0.05, 0.1) is 16.1 Å². The number of benzene rings is 1. The van der Waals surface area contributed by atoms with Gasteiger partial charge in [0, 0.05) is 6.07 Å². The highest BCUT2D eigenvalue weighted by Gasteiger charge is 2.20. The standard InChI is InChI=1S/C15H20N2O4S2/c1-3-5-10(6-4-2)14(18)21-11-7-8-12-13(9-11)22-15(17-12)23(16,19)20/h7-10H,3-6H2,1-2H3,(H2,16,19,20). The van der Waals surface area contributed by atoms with Crippen molar-refractivity contribution in [2.24, 2.45) is 11.1 Å². The molecule has 0 aliphatic rings. The van der Waals surface area contributed by atoms with E-state index in [2.05, 4.69) is 4.98 Å². The van der Waals surface area contributed by atoms with E-state index in [-0.39, 0.29) is 16.2 Å². The summed E-state index contributed by atoms with van der Waals surface area (Å²) in [6.07, 6.45) is 3.44. The van der Waals surface area contributed by atoms with Crippen molar-refractivity contribution in [1.82, 2.24) is 4.98 Å². The third kappa shape index (κ3) is 4.49. The molecule has 0 aliphatic carbocycles. The highest BCUT2D eigenvalue weighted by molar-refractivity contribution is 7.91. The van der Waals surface area contributed by atoms with Gasteiger partial charge in [-0.05, 0) is 25.0 Å². The van der Waals surface area contributed by atoms with Gasteiger partial charge in [0.1, 0.15) is 5.75 Å². The van der Waals surface area contributed by atoms with Gasteiger partial charge in [-0.2, -0.15) is 0 Å². The number of rotatable bonds is 7. The fourth-order valence-electron chi connectivity index (χ4n) is 2.35. The second-order valence-electron chi connectivity index (χ2n) is 5.35.